The summed E-state index contributed by atoms with van der Waals surface area (Å²) in [5.41, 5.74) is 1.88. The molecule has 0 radical (unpaired) electrons. The highest BCUT2D eigenvalue weighted by Crippen LogP contribution is 2.31. The van der Waals surface area contributed by atoms with Crippen molar-refractivity contribution in [1.82, 2.24) is 19.8 Å². The summed E-state index contributed by atoms with van der Waals surface area (Å²) in [4.78, 5) is 14.9. The molecule has 8 nitrogen and oxygen atoms in total. The number of piperidine rings is 1. The lowest BCUT2D eigenvalue weighted by Crippen LogP contribution is -2.52. The van der Waals surface area contributed by atoms with Crippen LogP contribution in [0.4, 0.5) is 5.69 Å². The lowest BCUT2D eigenvalue weighted by Gasteiger charge is -2.38. The largest absolute Gasteiger partial charge is 0.368 e. The highest BCUT2D eigenvalue weighted by molar-refractivity contribution is 7.89. The molecule has 4 rings (SSSR count). The number of carbonyl (C=O) groups excluding carboxylic acids is 1. The van der Waals surface area contributed by atoms with Crippen LogP contribution in [0.5, 0.6) is 0 Å². The van der Waals surface area contributed by atoms with E-state index in [-0.39, 0.29) is 28.3 Å². The third-order valence-corrected chi connectivity index (χ3v) is 7.17. The Labute approximate surface area is 171 Å². The van der Waals surface area contributed by atoms with Gasteiger partial charge in [-0.2, -0.15) is 9.82 Å². The summed E-state index contributed by atoms with van der Waals surface area (Å²) in [7, 11) is -3.53. The van der Waals surface area contributed by atoms with E-state index >= 15 is 0 Å². The molecule has 29 heavy (non-hydrogen) atoms. The van der Waals surface area contributed by atoms with Crippen LogP contribution in [0.15, 0.2) is 35.2 Å². The predicted molar refractivity (Wildman–Crippen MR) is 110 cm³/mol. The van der Waals surface area contributed by atoms with Crippen molar-refractivity contribution >= 4 is 21.6 Å². The zero-order chi connectivity index (χ0) is 20.8. The minimum Gasteiger partial charge on any atom is -0.368 e. The van der Waals surface area contributed by atoms with Crippen molar-refractivity contribution in [2.24, 2.45) is 5.92 Å². The van der Waals surface area contributed by atoms with Crippen LogP contribution < -0.4 is 10.0 Å². The Balaban J connectivity index is 1.41. The van der Waals surface area contributed by atoms with Gasteiger partial charge in [-0.25, -0.2) is 8.42 Å². The van der Waals surface area contributed by atoms with Crippen molar-refractivity contribution < 1.29 is 13.2 Å². The van der Waals surface area contributed by atoms with Gasteiger partial charge in [0.15, 0.2) is 0 Å². The molecule has 1 fully saturated rings. The van der Waals surface area contributed by atoms with Crippen LogP contribution >= 0.6 is 0 Å². The molecule has 0 saturated carbocycles. The number of nitrogens with one attached hydrogen (secondary N) is 3. The van der Waals surface area contributed by atoms with Gasteiger partial charge in [0, 0.05) is 24.2 Å². The van der Waals surface area contributed by atoms with Crippen molar-refractivity contribution in [3.63, 3.8) is 0 Å². The van der Waals surface area contributed by atoms with Gasteiger partial charge in [0.1, 0.15) is 10.6 Å². The molecule has 2 aromatic rings. The van der Waals surface area contributed by atoms with Crippen molar-refractivity contribution in [2.45, 2.75) is 50.1 Å². The number of hydrogen-bond donors (Lipinski definition) is 3. The quantitative estimate of drug-likeness (QED) is 0.695. The number of aromatic amines is 1. The summed E-state index contributed by atoms with van der Waals surface area (Å²) < 4.78 is 27.8. The third kappa shape index (κ3) is 3.89. The summed E-state index contributed by atoms with van der Waals surface area (Å²) in [6, 6.07) is 8.73. The van der Waals surface area contributed by atoms with Gasteiger partial charge in [-0.3, -0.25) is 9.89 Å². The molecular formula is C20H27N5O3S. The number of fused-ring (bicyclic) bond motifs is 1. The zero-order valence-corrected chi connectivity index (χ0v) is 17.7. The minimum absolute atomic E-state index is 0.0854. The molecule has 1 aromatic carbocycles. The Morgan fingerprint density at radius 3 is 2.52 bits per heavy atom. The second-order valence-corrected chi connectivity index (χ2v) is 10.5. The summed E-state index contributed by atoms with van der Waals surface area (Å²) >= 11 is 0. The Morgan fingerprint density at radius 1 is 1.17 bits per heavy atom. The molecule has 1 aromatic heterocycles. The predicted octanol–water partition coefficient (Wildman–Crippen LogP) is 2.29. The van der Waals surface area contributed by atoms with Crippen molar-refractivity contribution in [1.29, 1.82) is 0 Å². The van der Waals surface area contributed by atoms with Crippen LogP contribution in [0, 0.1) is 5.92 Å². The molecule has 3 N–H and O–H groups in total. The van der Waals surface area contributed by atoms with E-state index in [4.69, 9.17) is 0 Å². The van der Waals surface area contributed by atoms with Crippen molar-refractivity contribution in [3.05, 3.63) is 41.7 Å². The molecule has 0 spiro atoms. The first-order valence-corrected chi connectivity index (χ1v) is 11.4. The van der Waals surface area contributed by atoms with Crippen LogP contribution in [0.2, 0.25) is 0 Å². The van der Waals surface area contributed by atoms with Crippen LogP contribution in [-0.2, 0) is 15.4 Å². The highest BCUT2D eigenvalue weighted by Gasteiger charge is 2.36. The Morgan fingerprint density at radius 2 is 1.86 bits per heavy atom. The van der Waals surface area contributed by atoms with E-state index in [1.807, 2.05) is 12.1 Å². The molecule has 1 amide bonds. The number of sulfonamides is 1. The van der Waals surface area contributed by atoms with E-state index in [0.717, 1.165) is 5.69 Å². The Kier molecular flexibility index (Phi) is 4.90. The molecule has 0 unspecified atom stereocenters. The standard InChI is InChI=1S/C20H27N5O3S/c1-20(2,3)17-12-15(22-23-17)19(26)25-10-8-13(9-11-25)18-21-14-6-4-5-7-16(14)29(27,28)24-18/h4-7,12-13,18,21,24H,8-11H2,1-3H3,(H,22,23)/t18-/m1/s1. The van der Waals surface area contributed by atoms with Crippen LogP contribution in [0.3, 0.4) is 0 Å². The number of carbonyl (C=O) groups is 1. The van der Waals surface area contributed by atoms with E-state index in [9.17, 15) is 13.2 Å². The van der Waals surface area contributed by atoms with E-state index in [1.165, 1.54) is 0 Å². The number of benzene rings is 1. The van der Waals surface area contributed by atoms with Crippen molar-refractivity contribution in [3.8, 4) is 0 Å². The molecule has 9 heteroatoms. The molecule has 3 heterocycles. The molecule has 2 aliphatic heterocycles. The second kappa shape index (κ2) is 7.14. The first kappa shape index (κ1) is 19.9. The lowest BCUT2D eigenvalue weighted by atomic mass is 9.92. The Hall–Kier alpha value is -2.39. The van der Waals surface area contributed by atoms with E-state index < -0.39 is 10.0 Å². The van der Waals surface area contributed by atoms with Gasteiger partial charge >= 0.3 is 0 Å². The van der Waals surface area contributed by atoms with Crippen molar-refractivity contribution in [2.75, 3.05) is 18.4 Å². The number of anilines is 1. The van der Waals surface area contributed by atoms with Crippen LogP contribution in [-0.4, -0.2) is 48.7 Å². The number of para-hydroxylation sites is 1. The first-order chi connectivity index (χ1) is 13.6. The van der Waals surface area contributed by atoms with E-state index in [1.54, 1.807) is 23.1 Å². The normalized spacial score (nSPS) is 22.0. The zero-order valence-electron chi connectivity index (χ0n) is 16.9. The van der Waals surface area contributed by atoms with E-state index in [0.29, 0.717) is 37.3 Å². The topological polar surface area (TPSA) is 107 Å². The Bertz CT molecular complexity index is 1020. The van der Waals surface area contributed by atoms with Gasteiger partial charge in [0.05, 0.1) is 11.9 Å². The maximum atomic E-state index is 12.8. The molecule has 1 atom stereocenters. The van der Waals surface area contributed by atoms with Gasteiger partial charge in [-0.1, -0.05) is 32.9 Å². The molecule has 0 aliphatic carbocycles. The number of aromatic nitrogens is 2. The lowest BCUT2D eigenvalue weighted by molar-refractivity contribution is 0.0673. The average Bonchev–Trinajstić information content (AvgIpc) is 3.18. The summed E-state index contributed by atoms with van der Waals surface area (Å²) in [5, 5.41) is 10.5. The minimum atomic E-state index is -3.53. The fourth-order valence-corrected chi connectivity index (χ4v) is 5.26. The fourth-order valence-electron chi connectivity index (χ4n) is 3.88. The maximum Gasteiger partial charge on any atom is 0.274 e. The molecule has 1 saturated heterocycles. The van der Waals surface area contributed by atoms with E-state index in [2.05, 4.69) is 41.0 Å². The molecule has 2 aliphatic rings. The first-order valence-electron chi connectivity index (χ1n) is 9.88. The molecule has 156 valence electrons. The fraction of sp³-hybridized carbons (Fsp3) is 0.500. The number of likely N-dealkylation sites (tertiary alicyclic amines) is 1. The van der Waals surface area contributed by atoms with Gasteiger partial charge in [0.2, 0.25) is 10.0 Å². The van der Waals surface area contributed by atoms with Gasteiger partial charge < -0.3 is 10.2 Å². The van der Waals surface area contributed by atoms with Crippen LogP contribution in [0.1, 0.15) is 49.8 Å². The summed E-state index contributed by atoms with van der Waals surface area (Å²) in [6.45, 7) is 7.34. The smallest absolute Gasteiger partial charge is 0.274 e. The number of nitrogens with zero attached hydrogens (tertiary/aromatic N) is 2. The molecular weight excluding hydrogens is 390 g/mol. The van der Waals surface area contributed by atoms with Gasteiger partial charge in [0.25, 0.3) is 5.91 Å². The number of H-pyrrole nitrogens is 1. The molecule has 0 bridgehead atoms. The maximum absolute atomic E-state index is 12.8. The number of rotatable bonds is 2. The number of amides is 1. The number of hydrogen-bond acceptors (Lipinski definition) is 5. The second-order valence-electron chi connectivity index (χ2n) is 8.79. The van der Waals surface area contributed by atoms with Gasteiger partial charge in [-0.15, -0.1) is 0 Å². The SMILES string of the molecule is CC(C)(C)c1cc(C(=O)N2CCC([C@@H]3Nc4ccccc4S(=O)(=O)N3)CC2)n[nH]1. The third-order valence-electron chi connectivity index (χ3n) is 5.67. The van der Waals surface area contributed by atoms with Crippen LogP contribution in [0.25, 0.3) is 0 Å². The average molecular weight is 418 g/mol. The summed E-state index contributed by atoms with van der Waals surface area (Å²) in [5.74, 6) is 0.0178. The van der Waals surface area contributed by atoms with Gasteiger partial charge in [-0.05, 0) is 37.0 Å². The summed E-state index contributed by atoms with van der Waals surface area (Å²) in [6.07, 6.45) is 1.06. The monoisotopic (exact) mass is 417 g/mol. The highest BCUT2D eigenvalue weighted by atomic mass is 32.2.